The second-order valence-electron chi connectivity index (χ2n) is 9.91. The summed E-state index contributed by atoms with van der Waals surface area (Å²) in [6.45, 7) is 4.66. The minimum atomic E-state index is -0.461. The molecule has 182 valence electrons. The lowest BCUT2D eigenvalue weighted by Crippen LogP contribution is -2.55. The second-order valence-corrected chi connectivity index (χ2v) is 9.91. The van der Waals surface area contributed by atoms with Crippen LogP contribution in [-0.4, -0.2) is 47.4 Å². The van der Waals surface area contributed by atoms with Gasteiger partial charge in [0.05, 0.1) is 12.1 Å². The molecule has 0 bridgehead atoms. The highest BCUT2D eigenvalue weighted by Gasteiger charge is 2.39. The van der Waals surface area contributed by atoms with Crippen molar-refractivity contribution in [3.05, 3.63) is 53.9 Å². The van der Waals surface area contributed by atoms with Crippen LogP contribution in [0.1, 0.15) is 69.0 Å². The van der Waals surface area contributed by atoms with Crippen molar-refractivity contribution in [2.75, 3.05) is 13.6 Å². The van der Waals surface area contributed by atoms with Gasteiger partial charge in [-0.2, -0.15) is 0 Å². The van der Waals surface area contributed by atoms with Gasteiger partial charge in [0.2, 0.25) is 11.8 Å². The number of nitrogens with one attached hydrogen (secondary N) is 2. The predicted octanol–water partition coefficient (Wildman–Crippen LogP) is 4.39. The average Bonchev–Trinajstić information content (AvgIpc) is 3.37. The number of hydrogen-bond acceptors (Lipinski definition) is 4. The van der Waals surface area contributed by atoms with Crippen LogP contribution >= 0.6 is 0 Å². The Morgan fingerprint density at radius 2 is 1.82 bits per heavy atom. The zero-order chi connectivity index (χ0) is 24.1. The van der Waals surface area contributed by atoms with Gasteiger partial charge in [0.15, 0.2) is 0 Å². The summed E-state index contributed by atoms with van der Waals surface area (Å²) >= 11 is 0. The molecule has 6 nitrogen and oxygen atoms in total. The summed E-state index contributed by atoms with van der Waals surface area (Å²) in [6.07, 6.45) is 11.1. The normalized spacial score (nSPS) is 20.7. The molecule has 1 aromatic heterocycles. The minimum Gasteiger partial charge on any atom is -0.343 e. The largest absolute Gasteiger partial charge is 0.343 e. The van der Waals surface area contributed by atoms with Crippen molar-refractivity contribution >= 4 is 11.8 Å². The molecule has 4 rings (SSSR count). The van der Waals surface area contributed by atoms with Crippen molar-refractivity contribution in [3.63, 3.8) is 0 Å². The minimum absolute atomic E-state index is 0.00585. The van der Waals surface area contributed by atoms with Crippen molar-refractivity contribution < 1.29 is 9.59 Å². The smallest absolute Gasteiger partial charge is 0.245 e. The monoisotopic (exact) mass is 462 g/mol. The zero-order valence-corrected chi connectivity index (χ0v) is 20.7. The SMILES string of the molecule is CNC(C)C(=O)NC(C(=O)N1CCCC1c1cncc(-c2ccccc2C)c1)C1CCCCC1. The lowest BCUT2D eigenvalue weighted by Gasteiger charge is -2.35. The third-order valence-corrected chi connectivity index (χ3v) is 7.65. The van der Waals surface area contributed by atoms with Gasteiger partial charge in [-0.05, 0) is 75.3 Å². The van der Waals surface area contributed by atoms with Crippen molar-refractivity contribution in [3.8, 4) is 11.1 Å². The summed E-state index contributed by atoms with van der Waals surface area (Å²) in [5.41, 5.74) is 4.53. The van der Waals surface area contributed by atoms with E-state index in [1.54, 1.807) is 7.05 Å². The maximum absolute atomic E-state index is 14.0. The first kappa shape index (κ1) is 24.4. The van der Waals surface area contributed by atoms with Gasteiger partial charge in [0.25, 0.3) is 0 Å². The number of likely N-dealkylation sites (tertiary alicyclic amines) is 1. The van der Waals surface area contributed by atoms with Gasteiger partial charge in [-0.3, -0.25) is 14.6 Å². The number of hydrogen-bond donors (Lipinski definition) is 2. The maximum Gasteiger partial charge on any atom is 0.245 e. The number of carbonyl (C=O) groups is 2. The molecule has 3 atom stereocenters. The van der Waals surface area contributed by atoms with Gasteiger partial charge in [-0.1, -0.05) is 43.5 Å². The van der Waals surface area contributed by atoms with E-state index in [-0.39, 0.29) is 29.8 Å². The van der Waals surface area contributed by atoms with E-state index in [4.69, 9.17) is 0 Å². The molecule has 2 fully saturated rings. The van der Waals surface area contributed by atoms with Crippen LogP contribution in [0.3, 0.4) is 0 Å². The molecular weight excluding hydrogens is 424 g/mol. The first-order chi connectivity index (χ1) is 16.5. The Morgan fingerprint density at radius 1 is 1.06 bits per heavy atom. The van der Waals surface area contributed by atoms with E-state index in [0.29, 0.717) is 0 Å². The van der Waals surface area contributed by atoms with E-state index in [0.717, 1.165) is 56.2 Å². The van der Waals surface area contributed by atoms with E-state index < -0.39 is 6.04 Å². The van der Waals surface area contributed by atoms with E-state index in [1.165, 1.54) is 17.5 Å². The van der Waals surface area contributed by atoms with Crippen molar-refractivity contribution in [1.82, 2.24) is 20.5 Å². The zero-order valence-electron chi connectivity index (χ0n) is 20.7. The number of carbonyl (C=O) groups excluding carboxylic acids is 2. The summed E-state index contributed by atoms with van der Waals surface area (Å²) in [6, 6.07) is 9.70. The summed E-state index contributed by atoms with van der Waals surface area (Å²) in [5, 5.41) is 6.12. The van der Waals surface area contributed by atoms with Crippen LogP contribution in [0.25, 0.3) is 11.1 Å². The van der Waals surface area contributed by atoms with E-state index in [9.17, 15) is 9.59 Å². The van der Waals surface area contributed by atoms with Crippen LogP contribution in [0.2, 0.25) is 0 Å². The van der Waals surface area contributed by atoms with Crippen molar-refractivity contribution in [1.29, 1.82) is 0 Å². The molecule has 2 aromatic rings. The van der Waals surface area contributed by atoms with E-state index in [1.807, 2.05) is 36.4 Å². The quantitative estimate of drug-likeness (QED) is 0.640. The van der Waals surface area contributed by atoms with Crippen molar-refractivity contribution in [2.24, 2.45) is 5.92 Å². The van der Waals surface area contributed by atoms with Crippen LogP contribution in [0.4, 0.5) is 0 Å². The molecule has 1 saturated heterocycles. The molecular formula is C28H38N4O2. The first-order valence-electron chi connectivity index (χ1n) is 12.8. The maximum atomic E-state index is 14.0. The Balaban J connectivity index is 1.59. The van der Waals surface area contributed by atoms with Crippen LogP contribution in [0.5, 0.6) is 0 Å². The third kappa shape index (κ3) is 5.33. The fourth-order valence-corrected chi connectivity index (χ4v) is 5.50. The lowest BCUT2D eigenvalue weighted by molar-refractivity contribution is -0.139. The number of benzene rings is 1. The summed E-state index contributed by atoms with van der Waals surface area (Å²) in [4.78, 5) is 33.3. The predicted molar refractivity (Wildman–Crippen MR) is 135 cm³/mol. The molecule has 1 aromatic carbocycles. The second kappa shape index (κ2) is 11.1. The summed E-state index contributed by atoms with van der Waals surface area (Å²) in [5.74, 6) is 0.157. The van der Waals surface area contributed by atoms with Crippen molar-refractivity contribution in [2.45, 2.75) is 76.9 Å². The first-order valence-corrected chi connectivity index (χ1v) is 12.8. The fourth-order valence-electron chi connectivity index (χ4n) is 5.50. The number of aryl methyl sites for hydroxylation is 1. The van der Waals surface area contributed by atoms with Crippen LogP contribution in [0, 0.1) is 12.8 Å². The van der Waals surface area contributed by atoms with Gasteiger partial charge in [-0.15, -0.1) is 0 Å². The summed E-state index contributed by atoms with van der Waals surface area (Å²) < 4.78 is 0. The number of pyridine rings is 1. The third-order valence-electron chi connectivity index (χ3n) is 7.65. The average molecular weight is 463 g/mol. The molecule has 34 heavy (non-hydrogen) atoms. The van der Waals surface area contributed by atoms with Crippen LogP contribution in [0.15, 0.2) is 42.7 Å². The molecule has 0 spiro atoms. The topological polar surface area (TPSA) is 74.3 Å². The van der Waals surface area contributed by atoms with Crippen LogP contribution in [-0.2, 0) is 9.59 Å². The molecule has 1 aliphatic carbocycles. The van der Waals surface area contributed by atoms with Gasteiger partial charge >= 0.3 is 0 Å². The summed E-state index contributed by atoms with van der Waals surface area (Å²) in [7, 11) is 1.77. The molecule has 1 saturated carbocycles. The van der Waals surface area contributed by atoms with Gasteiger partial charge in [-0.25, -0.2) is 0 Å². The Bertz CT molecular complexity index is 1000. The lowest BCUT2D eigenvalue weighted by atomic mass is 9.83. The Labute approximate surface area is 203 Å². The van der Waals surface area contributed by atoms with E-state index in [2.05, 4.69) is 40.7 Å². The van der Waals surface area contributed by atoms with E-state index >= 15 is 0 Å². The molecule has 0 radical (unpaired) electrons. The Kier molecular flexibility index (Phi) is 7.99. The van der Waals surface area contributed by atoms with Gasteiger partial charge in [0.1, 0.15) is 6.04 Å². The molecule has 2 N–H and O–H groups in total. The number of likely N-dealkylation sites (N-methyl/N-ethyl adjacent to an activating group) is 1. The van der Waals surface area contributed by atoms with Crippen LogP contribution < -0.4 is 10.6 Å². The standard InChI is InChI=1S/C28H38N4O2/c1-19-10-7-8-13-24(19)22-16-23(18-30-17-22)25-14-9-15-32(25)28(34)26(21-11-5-4-6-12-21)31-27(33)20(2)29-3/h7-8,10,13,16-18,20-21,25-26,29H,4-6,9,11-12,14-15H2,1-3H3,(H,31,33). The Morgan fingerprint density at radius 3 is 2.56 bits per heavy atom. The molecule has 2 aliphatic rings. The molecule has 1 aliphatic heterocycles. The molecule has 2 amide bonds. The number of rotatable bonds is 7. The highest BCUT2D eigenvalue weighted by molar-refractivity contribution is 5.90. The molecule has 3 unspecified atom stereocenters. The van der Waals surface area contributed by atoms with Gasteiger partial charge in [0, 0.05) is 24.5 Å². The fraction of sp³-hybridized carbons (Fsp3) is 0.536. The highest BCUT2D eigenvalue weighted by atomic mass is 16.2. The number of amides is 2. The highest BCUT2D eigenvalue weighted by Crippen LogP contribution is 2.36. The number of aromatic nitrogens is 1. The molecule has 6 heteroatoms. The number of nitrogens with zero attached hydrogens (tertiary/aromatic N) is 2. The molecule has 2 heterocycles. The van der Waals surface area contributed by atoms with Gasteiger partial charge < -0.3 is 15.5 Å². The Hall–Kier alpha value is -2.73.